The lowest BCUT2D eigenvalue weighted by Crippen LogP contribution is -2.19. The minimum atomic E-state index is -0.433. The maximum absolute atomic E-state index is 12.0. The van der Waals surface area contributed by atoms with Crippen molar-refractivity contribution < 1.29 is 9.90 Å². The Balaban J connectivity index is 2.19. The number of carbonyl (C=O) groups is 1. The van der Waals surface area contributed by atoms with Gasteiger partial charge in [0.2, 0.25) is 0 Å². The number of phenols is 1. The number of hydrogen-bond donors (Lipinski definition) is 2. The normalized spacial score (nSPS) is 11.3. The van der Waals surface area contributed by atoms with E-state index in [1.807, 2.05) is 39.0 Å². The lowest BCUT2D eigenvalue weighted by Gasteiger charge is -2.07. The van der Waals surface area contributed by atoms with Gasteiger partial charge in [-0.15, -0.1) is 0 Å². The third-order valence-electron chi connectivity index (χ3n) is 3.26. The molecule has 0 heterocycles. The minimum Gasteiger partial charge on any atom is -0.507 e. The molecule has 108 valence electrons. The number of amides is 1. The monoisotopic (exact) mass is 282 g/mol. The van der Waals surface area contributed by atoms with E-state index in [0.29, 0.717) is 0 Å². The zero-order chi connectivity index (χ0) is 15.4. The fraction of sp³-hybridized carbons (Fsp3) is 0.176. The van der Waals surface area contributed by atoms with Crippen LogP contribution < -0.4 is 5.43 Å². The van der Waals surface area contributed by atoms with E-state index in [1.54, 1.807) is 18.2 Å². The van der Waals surface area contributed by atoms with Crippen molar-refractivity contribution in [2.75, 3.05) is 0 Å². The van der Waals surface area contributed by atoms with Crippen molar-refractivity contribution in [3.63, 3.8) is 0 Å². The summed E-state index contributed by atoms with van der Waals surface area (Å²) in [5, 5.41) is 13.8. The molecule has 2 aromatic carbocycles. The number of para-hydroxylation sites is 1. The molecule has 0 atom stereocenters. The van der Waals surface area contributed by atoms with Crippen molar-refractivity contribution >= 4 is 11.6 Å². The van der Waals surface area contributed by atoms with Crippen LogP contribution in [0.2, 0.25) is 0 Å². The molecule has 0 aliphatic carbocycles. The number of hydrogen-bond acceptors (Lipinski definition) is 3. The van der Waals surface area contributed by atoms with Crippen LogP contribution in [-0.2, 0) is 0 Å². The Bertz CT molecular complexity index is 706. The number of hydrazone groups is 1. The Morgan fingerprint density at radius 3 is 2.52 bits per heavy atom. The molecule has 0 unspecified atom stereocenters. The van der Waals surface area contributed by atoms with E-state index in [4.69, 9.17) is 0 Å². The van der Waals surface area contributed by atoms with Gasteiger partial charge < -0.3 is 5.11 Å². The van der Waals surface area contributed by atoms with Crippen LogP contribution in [0.25, 0.3) is 0 Å². The first kappa shape index (κ1) is 14.8. The summed E-state index contributed by atoms with van der Waals surface area (Å²) in [7, 11) is 0. The van der Waals surface area contributed by atoms with Crippen LogP contribution in [-0.4, -0.2) is 16.7 Å². The summed E-state index contributed by atoms with van der Waals surface area (Å²) in [6, 6.07) is 12.5. The van der Waals surface area contributed by atoms with Crippen LogP contribution in [0.3, 0.4) is 0 Å². The molecular weight excluding hydrogens is 264 g/mol. The molecule has 0 saturated heterocycles. The average molecular weight is 282 g/mol. The number of rotatable bonds is 3. The first-order chi connectivity index (χ1) is 9.99. The standard InChI is InChI=1S/C17H18N2O2/c1-11-8-9-12(2)15(10-11)13(3)18-19-17(21)14-6-4-5-7-16(14)20/h4-10,20H,1-3H3,(H,19,21)/b18-13-. The van der Waals surface area contributed by atoms with Gasteiger partial charge >= 0.3 is 0 Å². The molecule has 1 amide bonds. The van der Waals surface area contributed by atoms with Crippen LogP contribution in [0.15, 0.2) is 47.6 Å². The predicted octanol–water partition coefficient (Wildman–Crippen LogP) is 3.16. The Hall–Kier alpha value is -2.62. The highest BCUT2D eigenvalue weighted by Crippen LogP contribution is 2.15. The third-order valence-corrected chi connectivity index (χ3v) is 3.26. The summed E-state index contributed by atoms with van der Waals surface area (Å²) in [6.07, 6.45) is 0. The van der Waals surface area contributed by atoms with Gasteiger partial charge in [-0.3, -0.25) is 4.79 Å². The van der Waals surface area contributed by atoms with E-state index in [2.05, 4.69) is 10.5 Å². The molecule has 0 aromatic heterocycles. The fourth-order valence-corrected chi connectivity index (χ4v) is 2.05. The summed E-state index contributed by atoms with van der Waals surface area (Å²) in [5.74, 6) is -0.493. The Morgan fingerprint density at radius 1 is 1.10 bits per heavy atom. The Labute approximate surface area is 124 Å². The number of nitrogens with zero attached hydrogens (tertiary/aromatic N) is 1. The van der Waals surface area contributed by atoms with Gasteiger partial charge in [-0.2, -0.15) is 5.10 Å². The lowest BCUT2D eigenvalue weighted by atomic mass is 10.0. The second-order valence-corrected chi connectivity index (χ2v) is 4.97. The number of nitrogens with one attached hydrogen (secondary N) is 1. The molecule has 4 heteroatoms. The first-order valence-electron chi connectivity index (χ1n) is 6.69. The quantitative estimate of drug-likeness (QED) is 0.671. The van der Waals surface area contributed by atoms with Crippen LogP contribution in [0, 0.1) is 13.8 Å². The molecule has 0 radical (unpaired) electrons. The van der Waals surface area contributed by atoms with E-state index in [9.17, 15) is 9.90 Å². The second-order valence-electron chi connectivity index (χ2n) is 4.97. The number of aryl methyl sites for hydroxylation is 2. The lowest BCUT2D eigenvalue weighted by molar-refractivity contribution is 0.0952. The molecule has 0 saturated carbocycles. The molecule has 2 N–H and O–H groups in total. The van der Waals surface area contributed by atoms with Gasteiger partial charge in [0.05, 0.1) is 11.3 Å². The largest absolute Gasteiger partial charge is 0.507 e. The molecule has 0 spiro atoms. The van der Waals surface area contributed by atoms with Crippen LogP contribution in [0.4, 0.5) is 0 Å². The summed E-state index contributed by atoms with van der Waals surface area (Å²) in [4.78, 5) is 12.0. The smallest absolute Gasteiger partial charge is 0.275 e. The Morgan fingerprint density at radius 2 is 1.81 bits per heavy atom. The van der Waals surface area contributed by atoms with Crippen molar-refractivity contribution in [3.8, 4) is 5.75 Å². The summed E-state index contributed by atoms with van der Waals surface area (Å²) < 4.78 is 0. The topological polar surface area (TPSA) is 61.7 Å². The van der Waals surface area contributed by atoms with Gasteiger partial charge in [-0.1, -0.05) is 29.8 Å². The molecular formula is C17H18N2O2. The zero-order valence-corrected chi connectivity index (χ0v) is 12.3. The maximum atomic E-state index is 12.0. The third kappa shape index (κ3) is 3.48. The molecule has 2 aromatic rings. The van der Waals surface area contributed by atoms with Crippen molar-refractivity contribution in [2.24, 2.45) is 5.10 Å². The van der Waals surface area contributed by atoms with Gasteiger partial charge in [0.1, 0.15) is 5.75 Å². The molecule has 21 heavy (non-hydrogen) atoms. The summed E-state index contributed by atoms with van der Waals surface area (Å²) in [5.41, 5.74) is 6.63. The number of benzene rings is 2. The van der Waals surface area contributed by atoms with Crippen LogP contribution >= 0.6 is 0 Å². The van der Waals surface area contributed by atoms with E-state index >= 15 is 0 Å². The maximum Gasteiger partial charge on any atom is 0.275 e. The van der Waals surface area contributed by atoms with Crippen LogP contribution in [0.1, 0.15) is 34.0 Å². The second kappa shape index (κ2) is 6.22. The highest BCUT2D eigenvalue weighted by molar-refractivity contribution is 6.02. The molecule has 0 fully saturated rings. The highest BCUT2D eigenvalue weighted by Gasteiger charge is 2.09. The average Bonchev–Trinajstić information content (AvgIpc) is 2.47. The van der Waals surface area contributed by atoms with Crippen molar-refractivity contribution in [1.29, 1.82) is 0 Å². The molecule has 4 nitrogen and oxygen atoms in total. The van der Waals surface area contributed by atoms with E-state index in [1.165, 1.54) is 6.07 Å². The molecule has 2 rings (SSSR count). The number of carbonyl (C=O) groups excluding carboxylic acids is 1. The summed E-state index contributed by atoms with van der Waals surface area (Å²) in [6.45, 7) is 5.85. The minimum absolute atomic E-state index is 0.0606. The van der Waals surface area contributed by atoms with Crippen molar-refractivity contribution in [1.82, 2.24) is 5.43 Å². The first-order valence-corrected chi connectivity index (χ1v) is 6.69. The van der Waals surface area contributed by atoms with Crippen molar-refractivity contribution in [3.05, 3.63) is 64.7 Å². The molecule has 0 bridgehead atoms. The predicted molar refractivity (Wildman–Crippen MR) is 83.7 cm³/mol. The molecule has 0 aliphatic heterocycles. The van der Waals surface area contributed by atoms with E-state index < -0.39 is 5.91 Å². The van der Waals surface area contributed by atoms with Crippen molar-refractivity contribution in [2.45, 2.75) is 20.8 Å². The van der Waals surface area contributed by atoms with E-state index in [-0.39, 0.29) is 11.3 Å². The van der Waals surface area contributed by atoms with Gasteiger partial charge in [0.15, 0.2) is 0 Å². The van der Waals surface area contributed by atoms with E-state index in [0.717, 1.165) is 22.4 Å². The zero-order valence-electron chi connectivity index (χ0n) is 12.3. The molecule has 0 aliphatic rings. The highest BCUT2D eigenvalue weighted by atomic mass is 16.3. The van der Waals surface area contributed by atoms with Gasteiger partial charge in [-0.25, -0.2) is 5.43 Å². The van der Waals surface area contributed by atoms with Gasteiger partial charge in [0, 0.05) is 5.56 Å². The van der Waals surface area contributed by atoms with Crippen LogP contribution in [0.5, 0.6) is 5.75 Å². The summed E-state index contributed by atoms with van der Waals surface area (Å²) >= 11 is 0. The Kier molecular flexibility index (Phi) is 4.38. The number of aromatic hydroxyl groups is 1. The fourth-order valence-electron chi connectivity index (χ4n) is 2.05. The SMILES string of the molecule is C/C(=N/NC(=O)c1ccccc1O)c1cc(C)ccc1C. The van der Waals surface area contributed by atoms with Gasteiger partial charge in [-0.05, 0) is 44.5 Å². The number of phenolic OH excluding ortho intramolecular Hbond substituents is 1. The van der Waals surface area contributed by atoms with Gasteiger partial charge in [0.25, 0.3) is 5.91 Å².